The largest absolute Gasteiger partial charge is 0.447 e. The molecule has 0 spiro atoms. The molecule has 4 rings (SSSR count). The van der Waals surface area contributed by atoms with Crippen LogP contribution in [0.15, 0.2) is 42.5 Å². The SMILES string of the molecule is C[C@H]1CN(c2ccc(NC(=O)Nc3cccc(N4CCOC4=O)c3)cc2F)C[C@H](C)O1. The molecule has 0 saturated carbocycles. The number of anilines is 4. The van der Waals surface area contributed by atoms with Gasteiger partial charge in [0, 0.05) is 30.2 Å². The van der Waals surface area contributed by atoms with E-state index in [2.05, 4.69) is 10.6 Å². The fourth-order valence-corrected chi connectivity index (χ4v) is 3.89. The van der Waals surface area contributed by atoms with Gasteiger partial charge in [-0.1, -0.05) is 6.07 Å². The van der Waals surface area contributed by atoms with Crippen LogP contribution in [0.1, 0.15) is 13.8 Å². The maximum absolute atomic E-state index is 14.7. The molecule has 2 saturated heterocycles. The highest BCUT2D eigenvalue weighted by Crippen LogP contribution is 2.27. The molecule has 0 bridgehead atoms. The number of nitrogens with one attached hydrogen (secondary N) is 2. The third-order valence-corrected chi connectivity index (χ3v) is 5.14. The van der Waals surface area contributed by atoms with E-state index in [-0.39, 0.29) is 12.2 Å². The van der Waals surface area contributed by atoms with Gasteiger partial charge in [-0.3, -0.25) is 4.90 Å². The van der Waals surface area contributed by atoms with Gasteiger partial charge in [-0.25, -0.2) is 14.0 Å². The fraction of sp³-hybridized carbons (Fsp3) is 0.364. The number of carbonyl (C=O) groups is 2. The summed E-state index contributed by atoms with van der Waals surface area (Å²) in [5, 5.41) is 5.34. The summed E-state index contributed by atoms with van der Waals surface area (Å²) in [6.45, 7) is 5.93. The Morgan fingerprint density at radius 3 is 2.42 bits per heavy atom. The van der Waals surface area contributed by atoms with Crippen molar-refractivity contribution in [3.8, 4) is 0 Å². The molecule has 0 aromatic heterocycles. The van der Waals surface area contributed by atoms with E-state index in [1.807, 2.05) is 18.7 Å². The number of cyclic esters (lactones) is 1. The van der Waals surface area contributed by atoms with Crippen LogP contribution in [0.2, 0.25) is 0 Å². The minimum absolute atomic E-state index is 0.0184. The molecule has 3 amide bonds. The van der Waals surface area contributed by atoms with Crippen LogP contribution in [-0.4, -0.2) is 50.6 Å². The van der Waals surface area contributed by atoms with Crippen LogP contribution in [0.4, 0.5) is 36.7 Å². The van der Waals surface area contributed by atoms with Gasteiger partial charge in [-0.05, 0) is 50.2 Å². The zero-order valence-corrected chi connectivity index (χ0v) is 17.4. The minimum Gasteiger partial charge on any atom is -0.447 e. The predicted octanol–water partition coefficient (Wildman–Crippen LogP) is 4.04. The van der Waals surface area contributed by atoms with Crippen LogP contribution in [0.3, 0.4) is 0 Å². The van der Waals surface area contributed by atoms with Crippen molar-refractivity contribution in [2.45, 2.75) is 26.1 Å². The average molecular weight is 428 g/mol. The summed E-state index contributed by atoms with van der Waals surface area (Å²) in [5.41, 5.74) is 1.96. The molecule has 2 aromatic carbocycles. The van der Waals surface area contributed by atoms with E-state index in [1.54, 1.807) is 36.4 Å². The van der Waals surface area contributed by atoms with Crippen molar-refractivity contribution in [3.63, 3.8) is 0 Å². The molecule has 0 radical (unpaired) electrons. The highest BCUT2D eigenvalue weighted by molar-refractivity contribution is 6.00. The Hall–Kier alpha value is -3.33. The van der Waals surface area contributed by atoms with Gasteiger partial charge < -0.3 is 25.0 Å². The van der Waals surface area contributed by atoms with E-state index in [9.17, 15) is 14.0 Å². The molecule has 2 heterocycles. The molecule has 2 N–H and O–H groups in total. The number of amides is 3. The zero-order valence-electron chi connectivity index (χ0n) is 17.4. The summed E-state index contributed by atoms with van der Waals surface area (Å²) in [6, 6.07) is 11.0. The summed E-state index contributed by atoms with van der Waals surface area (Å²) in [7, 11) is 0. The van der Waals surface area contributed by atoms with Gasteiger partial charge in [0.25, 0.3) is 0 Å². The maximum Gasteiger partial charge on any atom is 0.414 e. The first-order valence-electron chi connectivity index (χ1n) is 10.2. The van der Waals surface area contributed by atoms with Crippen LogP contribution in [0.25, 0.3) is 0 Å². The molecule has 2 aliphatic heterocycles. The van der Waals surface area contributed by atoms with Crippen molar-refractivity contribution in [2.24, 2.45) is 0 Å². The normalized spacial score (nSPS) is 21.1. The number of rotatable bonds is 4. The molecule has 0 unspecified atom stereocenters. The monoisotopic (exact) mass is 428 g/mol. The molecular weight excluding hydrogens is 403 g/mol. The highest BCUT2D eigenvalue weighted by atomic mass is 19.1. The predicted molar refractivity (Wildman–Crippen MR) is 116 cm³/mol. The smallest absolute Gasteiger partial charge is 0.414 e. The lowest BCUT2D eigenvalue weighted by Gasteiger charge is -2.37. The number of halogens is 1. The Bertz CT molecular complexity index is 976. The molecule has 0 aliphatic carbocycles. The Kier molecular flexibility index (Phi) is 5.94. The number of benzene rings is 2. The molecular formula is C22H25FN4O4. The van der Waals surface area contributed by atoms with Crippen molar-refractivity contribution in [1.82, 2.24) is 0 Å². The van der Waals surface area contributed by atoms with Crippen LogP contribution in [-0.2, 0) is 9.47 Å². The van der Waals surface area contributed by atoms with E-state index in [1.165, 1.54) is 11.0 Å². The quantitative estimate of drug-likeness (QED) is 0.768. The summed E-state index contributed by atoms with van der Waals surface area (Å²) in [6.07, 6.45) is -0.379. The first-order chi connectivity index (χ1) is 14.9. The van der Waals surface area contributed by atoms with E-state index < -0.39 is 17.9 Å². The number of nitrogens with zero attached hydrogens (tertiary/aromatic N) is 2. The van der Waals surface area contributed by atoms with Crippen molar-refractivity contribution in [2.75, 3.05) is 46.7 Å². The average Bonchev–Trinajstić information content (AvgIpc) is 3.13. The van der Waals surface area contributed by atoms with Crippen molar-refractivity contribution >= 4 is 34.9 Å². The standard InChI is InChI=1S/C22H25FN4O4/c1-14-12-26(13-15(2)31-14)20-7-6-17(11-19(20)23)25-21(28)24-16-4-3-5-18(10-16)27-8-9-30-22(27)29/h3-7,10-11,14-15H,8-9,12-13H2,1-2H3,(H2,24,25,28)/t14-,15-/m0/s1. The summed E-state index contributed by atoms with van der Waals surface area (Å²) in [4.78, 5) is 27.5. The zero-order chi connectivity index (χ0) is 22.0. The number of urea groups is 1. The van der Waals surface area contributed by atoms with E-state index in [4.69, 9.17) is 9.47 Å². The second-order valence-corrected chi connectivity index (χ2v) is 7.72. The van der Waals surface area contributed by atoms with Gasteiger partial charge in [0.1, 0.15) is 12.4 Å². The van der Waals surface area contributed by atoms with E-state index >= 15 is 0 Å². The van der Waals surface area contributed by atoms with Crippen LogP contribution < -0.4 is 20.4 Å². The lowest BCUT2D eigenvalue weighted by Crippen LogP contribution is -2.45. The Balaban J connectivity index is 1.40. The molecule has 2 aromatic rings. The summed E-state index contributed by atoms with van der Waals surface area (Å²) < 4.78 is 25.4. The van der Waals surface area contributed by atoms with Gasteiger partial charge in [0.05, 0.1) is 24.4 Å². The lowest BCUT2D eigenvalue weighted by molar-refractivity contribution is -0.00539. The molecule has 2 atom stereocenters. The van der Waals surface area contributed by atoms with Gasteiger partial charge in [0.15, 0.2) is 0 Å². The second kappa shape index (κ2) is 8.81. The van der Waals surface area contributed by atoms with E-state index in [0.29, 0.717) is 49.0 Å². The van der Waals surface area contributed by atoms with Crippen molar-refractivity contribution in [3.05, 3.63) is 48.3 Å². The minimum atomic E-state index is -0.512. The fourth-order valence-electron chi connectivity index (χ4n) is 3.89. The van der Waals surface area contributed by atoms with Gasteiger partial charge in [0.2, 0.25) is 0 Å². The van der Waals surface area contributed by atoms with Gasteiger partial charge in [-0.15, -0.1) is 0 Å². The van der Waals surface area contributed by atoms with Crippen LogP contribution in [0.5, 0.6) is 0 Å². The first kappa shape index (κ1) is 20.9. The number of hydrogen-bond acceptors (Lipinski definition) is 5. The lowest BCUT2D eigenvalue weighted by atomic mass is 10.2. The van der Waals surface area contributed by atoms with Gasteiger partial charge >= 0.3 is 12.1 Å². The molecule has 9 heteroatoms. The molecule has 31 heavy (non-hydrogen) atoms. The molecule has 8 nitrogen and oxygen atoms in total. The topological polar surface area (TPSA) is 83.1 Å². The van der Waals surface area contributed by atoms with Crippen molar-refractivity contribution < 1.29 is 23.5 Å². The third-order valence-electron chi connectivity index (χ3n) is 5.14. The van der Waals surface area contributed by atoms with Crippen LogP contribution in [0, 0.1) is 5.82 Å². The van der Waals surface area contributed by atoms with Gasteiger partial charge in [-0.2, -0.15) is 0 Å². The molecule has 164 valence electrons. The molecule has 2 fully saturated rings. The van der Waals surface area contributed by atoms with Crippen LogP contribution >= 0.6 is 0 Å². The maximum atomic E-state index is 14.7. The summed E-state index contributed by atoms with van der Waals surface area (Å²) in [5.74, 6) is -0.409. The summed E-state index contributed by atoms with van der Waals surface area (Å²) >= 11 is 0. The first-order valence-corrected chi connectivity index (χ1v) is 10.2. The highest BCUT2D eigenvalue weighted by Gasteiger charge is 2.25. The van der Waals surface area contributed by atoms with E-state index in [0.717, 1.165) is 0 Å². The number of carbonyl (C=O) groups excluding carboxylic acids is 2. The molecule has 2 aliphatic rings. The Morgan fingerprint density at radius 1 is 1.06 bits per heavy atom. The Morgan fingerprint density at radius 2 is 1.77 bits per heavy atom. The second-order valence-electron chi connectivity index (χ2n) is 7.72. The third kappa shape index (κ3) is 4.88. The Labute approximate surface area is 179 Å². The number of ether oxygens (including phenoxy) is 2. The number of morpholine rings is 1. The van der Waals surface area contributed by atoms with Crippen molar-refractivity contribution in [1.29, 1.82) is 0 Å². The number of hydrogen-bond donors (Lipinski definition) is 2.